The minimum atomic E-state index is -0.839. The Morgan fingerprint density at radius 1 is 1.10 bits per heavy atom. The minimum absolute atomic E-state index is 0.0200. The second kappa shape index (κ2) is 7.58. The maximum absolute atomic E-state index is 12.5. The lowest BCUT2D eigenvalue weighted by atomic mass is 10.3. The van der Waals surface area contributed by atoms with Crippen LogP contribution in [0.5, 0.6) is 0 Å². The molecule has 2 aliphatic rings. The summed E-state index contributed by atoms with van der Waals surface area (Å²) in [4.78, 5) is 28.5. The highest BCUT2D eigenvalue weighted by molar-refractivity contribution is 5.74. The summed E-state index contributed by atoms with van der Waals surface area (Å²) in [5.74, 6) is -0.839. The summed E-state index contributed by atoms with van der Waals surface area (Å²) in [6.07, 6.45) is 0.463. The van der Waals surface area contributed by atoms with Gasteiger partial charge in [0.25, 0.3) is 0 Å². The number of rotatable bonds is 3. The van der Waals surface area contributed by atoms with E-state index in [1.807, 2.05) is 4.90 Å². The topological polar surface area (TPSA) is 93.6 Å². The Labute approximate surface area is 123 Å². The van der Waals surface area contributed by atoms with Crippen LogP contribution < -0.4 is 0 Å². The summed E-state index contributed by atoms with van der Waals surface area (Å²) in [5.41, 5.74) is 0. The first-order valence-electron chi connectivity index (χ1n) is 7.30. The summed E-state index contributed by atoms with van der Waals surface area (Å²) < 4.78 is 5.34. The fourth-order valence-corrected chi connectivity index (χ4v) is 2.72. The van der Waals surface area contributed by atoms with Gasteiger partial charge in [-0.15, -0.1) is 0 Å². The molecule has 0 aliphatic carbocycles. The molecule has 0 aromatic heterocycles. The first-order valence-corrected chi connectivity index (χ1v) is 7.30. The molecular weight excluding hydrogens is 278 g/mol. The molecule has 0 aromatic carbocycles. The quantitative estimate of drug-likeness (QED) is 0.687. The van der Waals surface area contributed by atoms with Crippen LogP contribution in [0.3, 0.4) is 0 Å². The van der Waals surface area contributed by atoms with E-state index in [2.05, 4.69) is 0 Å². The second-order valence-electron chi connectivity index (χ2n) is 5.41. The van der Waals surface area contributed by atoms with E-state index in [1.165, 1.54) is 0 Å². The zero-order valence-corrected chi connectivity index (χ0v) is 12.1. The molecule has 2 heterocycles. The van der Waals surface area contributed by atoms with Gasteiger partial charge in [0.15, 0.2) is 0 Å². The highest BCUT2D eigenvalue weighted by Gasteiger charge is 2.28. The van der Waals surface area contributed by atoms with Gasteiger partial charge in [0.2, 0.25) is 0 Å². The number of morpholine rings is 1. The average Bonchev–Trinajstić information content (AvgIpc) is 2.71. The molecule has 2 amide bonds. The molecule has 8 nitrogen and oxygen atoms in total. The minimum Gasteiger partial charge on any atom is -0.480 e. The number of aliphatic hydroxyl groups is 1. The van der Waals surface area contributed by atoms with Crippen LogP contribution in [-0.4, -0.2) is 102 Å². The molecule has 120 valence electrons. The van der Waals surface area contributed by atoms with Crippen molar-refractivity contribution in [3.8, 4) is 0 Å². The monoisotopic (exact) mass is 301 g/mol. The fourth-order valence-electron chi connectivity index (χ4n) is 2.72. The van der Waals surface area contributed by atoms with Gasteiger partial charge in [-0.25, -0.2) is 4.79 Å². The van der Waals surface area contributed by atoms with E-state index in [0.717, 1.165) is 6.42 Å². The van der Waals surface area contributed by atoms with Crippen molar-refractivity contribution >= 4 is 12.0 Å². The molecule has 1 unspecified atom stereocenters. The maximum Gasteiger partial charge on any atom is 0.320 e. The SMILES string of the molecule is O=C(O)CN1CCCN(C(=O)N2CCOC(CO)C2)CC1. The Hall–Kier alpha value is -1.38. The van der Waals surface area contributed by atoms with E-state index in [9.17, 15) is 9.59 Å². The van der Waals surface area contributed by atoms with Crippen LogP contribution in [0.4, 0.5) is 4.79 Å². The second-order valence-corrected chi connectivity index (χ2v) is 5.41. The van der Waals surface area contributed by atoms with Gasteiger partial charge in [0.05, 0.1) is 32.4 Å². The molecule has 2 fully saturated rings. The summed E-state index contributed by atoms with van der Waals surface area (Å²) in [6, 6.07) is -0.0473. The molecule has 1 atom stereocenters. The Bertz CT molecular complexity index is 379. The van der Waals surface area contributed by atoms with Crippen LogP contribution in [-0.2, 0) is 9.53 Å². The molecule has 2 N–H and O–H groups in total. The van der Waals surface area contributed by atoms with Gasteiger partial charge >= 0.3 is 12.0 Å². The van der Waals surface area contributed by atoms with E-state index >= 15 is 0 Å². The van der Waals surface area contributed by atoms with Crippen LogP contribution >= 0.6 is 0 Å². The molecule has 2 saturated heterocycles. The predicted molar refractivity (Wildman–Crippen MR) is 74.1 cm³/mol. The number of amides is 2. The predicted octanol–water partition coefficient (Wildman–Crippen LogP) is -1.11. The van der Waals surface area contributed by atoms with E-state index < -0.39 is 5.97 Å². The van der Waals surface area contributed by atoms with E-state index in [-0.39, 0.29) is 25.3 Å². The Balaban J connectivity index is 1.86. The molecule has 0 saturated carbocycles. The van der Waals surface area contributed by atoms with Crippen LogP contribution in [0.2, 0.25) is 0 Å². The van der Waals surface area contributed by atoms with Gasteiger partial charge in [0, 0.05) is 32.7 Å². The smallest absolute Gasteiger partial charge is 0.320 e. The number of hydrogen-bond acceptors (Lipinski definition) is 5. The number of carbonyl (C=O) groups excluding carboxylic acids is 1. The van der Waals surface area contributed by atoms with Gasteiger partial charge in [-0.05, 0) is 6.42 Å². The van der Waals surface area contributed by atoms with E-state index in [4.69, 9.17) is 14.9 Å². The molecule has 0 bridgehead atoms. The molecule has 0 spiro atoms. The standard InChI is InChI=1S/C13H23N3O5/c17-10-11-8-16(6-7-21-11)13(20)15-3-1-2-14(4-5-15)9-12(18)19/h11,17H,1-10H2,(H,18,19). The van der Waals surface area contributed by atoms with E-state index in [1.54, 1.807) is 9.80 Å². The third kappa shape index (κ3) is 4.55. The highest BCUT2D eigenvalue weighted by Crippen LogP contribution is 2.11. The number of nitrogens with zero attached hydrogens (tertiary/aromatic N) is 3. The van der Waals surface area contributed by atoms with Crippen molar-refractivity contribution in [3.05, 3.63) is 0 Å². The largest absolute Gasteiger partial charge is 0.480 e. The maximum atomic E-state index is 12.5. The number of aliphatic hydroxyl groups excluding tert-OH is 1. The number of carbonyl (C=O) groups is 2. The van der Waals surface area contributed by atoms with Gasteiger partial charge in [0.1, 0.15) is 0 Å². The number of carboxylic acid groups (broad SMARTS) is 1. The van der Waals surface area contributed by atoms with Gasteiger partial charge in [-0.1, -0.05) is 0 Å². The lowest BCUT2D eigenvalue weighted by Crippen LogP contribution is -2.52. The fraction of sp³-hybridized carbons (Fsp3) is 0.846. The zero-order chi connectivity index (χ0) is 15.2. The first kappa shape index (κ1) is 16.0. The van der Waals surface area contributed by atoms with Crippen molar-refractivity contribution in [1.82, 2.24) is 14.7 Å². The molecule has 2 aliphatic heterocycles. The number of hydrogen-bond donors (Lipinski definition) is 2. The van der Waals surface area contributed by atoms with Crippen LogP contribution in [0.1, 0.15) is 6.42 Å². The van der Waals surface area contributed by atoms with Crippen molar-refractivity contribution in [2.45, 2.75) is 12.5 Å². The van der Waals surface area contributed by atoms with Crippen molar-refractivity contribution in [2.24, 2.45) is 0 Å². The van der Waals surface area contributed by atoms with Gasteiger partial charge in [-0.2, -0.15) is 0 Å². The molecule has 0 aromatic rings. The van der Waals surface area contributed by atoms with Gasteiger partial charge in [-0.3, -0.25) is 9.69 Å². The lowest BCUT2D eigenvalue weighted by Gasteiger charge is -2.35. The Kier molecular flexibility index (Phi) is 5.77. The number of ether oxygens (including phenoxy) is 1. The normalized spacial score (nSPS) is 24.7. The lowest BCUT2D eigenvalue weighted by molar-refractivity contribution is -0.138. The third-order valence-corrected chi connectivity index (χ3v) is 3.83. The van der Waals surface area contributed by atoms with Crippen LogP contribution in [0.25, 0.3) is 0 Å². The highest BCUT2D eigenvalue weighted by atomic mass is 16.5. The summed E-state index contributed by atoms with van der Waals surface area (Å²) in [6.45, 7) is 3.75. The van der Waals surface area contributed by atoms with Crippen molar-refractivity contribution < 1.29 is 24.5 Å². The summed E-state index contributed by atoms with van der Waals surface area (Å²) in [5, 5.41) is 18.0. The van der Waals surface area contributed by atoms with Gasteiger partial charge < -0.3 is 24.7 Å². The Morgan fingerprint density at radius 3 is 2.62 bits per heavy atom. The third-order valence-electron chi connectivity index (χ3n) is 3.83. The average molecular weight is 301 g/mol. The van der Waals surface area contributed by atoms with Crippen molar-refractivity contribution in [1.29, 1.82) is 0 Å². The molecular formula is C13H23N3O5. The number of aliphatic carboxylic acids is 1. The number of carboxylic acids is 1. The van der Waals surface area contributed by atoms with Crippen LogP contribution in [0, 0.1) is 0 Å². The molecule has 2 rings (SSSR count). The Morgan fingerprint density at radius 2 is 1.90 bits per heavy atom. The zero-order valence-electron chi connectivity index (χ0n) is 12.1. The number of urea groups is 1. The molecule has 8 heteroatoms. The van der Waals surface area contributed by atoms with E-state index in [0.29, 0.717) is 45.9 Å². The van der Waals surface area contributed by atoms with Crippen LogP contribution in [0.15, 0.2) is 0 Å². The van der Waals surface area contributed by atoms with Crippen molar-refractivity contribution in [3.63, 3.8) is 0 Å². The molecule has 0 radical (unpaired) electrons. The van der Waals surface area contributed by atoms with Crippen molar-refractivity contribution in [2.75, 3.05) is 59.0 Å². The first-order chi connectivity index (χ1) is 10.1. The summed E-state index contributed by atoms with van der Waals surface area (Å²) in [7, 11) is 0. The molecule has 21 heavy (non-hydrogen) atoms. The summed E-state index contributed by atoms with van der Waals surface area (Å²) >= 11 is 0.